The van der Waals surface area contributed by atoms with Gasteiger partial charge in [0.15, 0.2) is 0 Å². The van der Waals surface area contributed by atoms with Gasteiger partial charge in [0.1, 0.15) is 6.17 Å². The van der Waals surface area contributed by atoms with Crippen molar-refractivity contribution in [1.29, 1.82) is 0 Å². The van der Waals surface area contributed by atoms with Crippen LogP contribution in [0.3, 0.4) is 0 Å². The van der Waals surface area contributed by atoms with Crippen LogP contribution in [0.2, 0.25) is 0 Å². The first-order chi connectivity index (χ1) is 4.09. The first-order valence-corrected chi connectivity index (χ1v) is 3.73. The van der Waals surface area contributed by atoms with E-state index in [1.54, 1.807) is 6.92 Å². The minimum absolute atomic E-state index is 0.255. The molecule has 2 unspecified atom stereocenters. The van der Waals surface area contributed by atoms with E-state index < -0.39 is 6.17 Å². The molecule has 0 aromatic carbocycles. The van der Waals surface area contributed by atoms with Crippen molar-refractivity contribution in [3.05, 3.63) is 0 Å². The summed E-state index contributed by atoms with van der Waals surface area (Å²) in [6, 6.07) is 0. The van der Waals surface area contributed by atoms with Gasteiger partial charge in [-0.3, -0.25) is 0 Å². The Morgan fingerprint density at radius 3 is 1.67 bits per heavy atom. The third kappa shape index (κ3) is 2.83. The highest BCUT2D eigenvalue weighted by atomic mass is 19.1. The molecule has 0 nitrogen and oxygen atoms in total. The molecule has 0 spiro atoms. The summed E-state index contributed by atoms with van der Waals surface area (Å²) in [6.45, 7) is 7.84. The minimum Gasteiger partial charge on any atom is -0.247 e. The normalized spacial score (nSPS) is 18.0. The van der Waals surface area contributed by atoms with Gasteiger partial charge in [-0.15, -0.1) is 0 Å². The van der Waals surface area contributed by atoms with Crippen LogP contribution in [0.4, 0.5) is 4.39 Å². The van der Waals surface area contributed by atoms with E-state index in [1.165, 1.54) is 0 Å². The Kier molecular flexibility index (Phi) is 3.83. The van der Waals surface area contributed by atoms with Gasteiger partial charge >= 0.3 is 0 Å². The smallest absolute Gasteiger partial charge is 0.100 e. The standard InChI is InChI=1S/C8H17F/c1-5-8(6(2)3)7(4)9/h6-8H,5H2,1-4H3. The first-order valence-electron chi connectivity index (χ1n) is 3.73. The van der Waals surface area contributed by atoms with Crippen LogP contribution in [-0.2, 0) is 0 Å². The fourth-order valence-electron chi connectivity index (χ4n) is 1.33. The molecule has 0 saturated carbocycles. The lowest BCUT2D eigenvalue weighted by Gasteiger charge is -2.19. The molecule has 0 aliphatic carbocycles. The van der Waals surface area contributed by atoms with E-state index in [0.717, 1.165) is 6.42 Å². The lowest BCUT2D eigenvalue weighted by molar-refractivity contribution is 0.192. The Morgan fingerprint density at radius 1 is 1.22 bits per heavy atom. The minimum atomic E-state index is -0.644. The second-order valence-electron chi connectivity index (χ2n) is 2.99. The quantitative estimate of drug-likeness (QED) is 0.553. The molecule has 0 aromatic heterocycles. The van der Waals surface area contributed by atoms with E-state index in [0.29, 0.717) is 5.92 Å². The van der Waals surface area contributed by atoms with Crippen LogP contribution < -0.4 is 0 Å². The van der Waals surface area contributed by atoms with Crippen molar-refractivity contribution in [3.63, 3.8) is 0 Å². The van der Waals surface area contributed by atoms with E-state index in [4.69, 9.17) is 0 Å². The zero-order valence-electron chi connectivity index (χ0n) is 6.82. The van der Waals surface area contributed by atoms with Gasteiger partial charge < -0.3 is 0 Å². The lowest BCUT2D eigenvalue weighted by atomic mass is 9.90. The van der Waals surface area contributed by atoms with Gasteiger partial charge in [0, 0.05) is 0 Å². The summed E-state index contributed by atoms with van der Waals surface area (Å²) >= 11 is 0. The highest BCUT2D eigenvalue weighted by Gasteiger charge is 2.17. The van der Waals surface area contributed by atoms with Gasteiger partial charge in [-0.2, -0.15) is 0 Å². The molecule has 0 rings (SSSR count). The summed E-state index contributed by atoms with van der Waals surface area (Å²) in [4.78, 5) is 0. The predicted molar refractivity (Wildman–Crippen MR) is 39.2 cm³/mol. The Hall–Kier alpha value is -0.0700. The highest BCUT2D eigenvalue weighted by molar-refractivity contribution is 4.66. The van der Waals surface area contributed by atoms with Crippen molar-refractivity contribution in [2.24, 2.45) is 11.8 Å². The summed E-state index contributed by atoms with van der Waals surface area (Å²) in [6.07, 6.45) is 0.310. The Balaban J connectivity index is 3.68. The van der Waals surface area contributed by atoms with Crippen LogP contribution in [0.15, 0.2) is 0 Å². The van der Waals surface area contributed by atoms with Gasteiger partial charge in [-0.05, 0) is 18.8 Å². The largest absolute Gasteiger partial charge is 0.247 e. The Bertz CT molecular complexity index is 59.0. The molecule has 0 aliphatic rings. The monoisotopic (exact) mass is 132 g/mol. The maximum atomic E-state index is 12.6. The number of hydrogen-bond donors (Lipinski definition) is 0. The third-order valence-electron chi connectivity index (χ3n) is 1.92. The summed E-state index contributed by atoms with van der Waals surface area (Å²) in [5.74, 6) is 0.736. The van der Waals surface area contributed by atoms with E-state index >= 15 is 0 Å². The zero-order chi connectivity index (χ0) is 7.44. The second kappa shape index (κ2) is 3.86. The maximum absolute atomic E-state index is 12.6. The van der Waals surface area contributed by atoms with Crippen molar-refractivity contribution in [1.82, 2.24) is 0 Å². The average molecular weight is 132 g/mol. The van der Waals surface area contributed by atoms with Crippen molar-refractivity contribution < 1.29 is 4.39 Å². The van der Waals surface area contributed by atoms with Crippen LogP contribution in [-0.4, -0.2) is 6.17 Å². The summed E-state index contributed by atoms with van der Waals surface area (Å²) in [5, 5.41) is 0. The van der Waals surface area contributed by atoms with Gasteiger partial charge in [-0.1, -0.05) is 27.2 Å². The van der Waals surface area contributed by atoms with E-state index in [1.807, 2.05) is 6.92 Å². The summed E-state index contributed by atoms with van der Waals surface area (Å²) in [5.41, 5.74) is 0. The Labute approximate surface area is 57.5 Å². The van der Waals surface area contributed by atoms with Gasteiger partial charge in [0.05, 0.1) is 0 Å². The molecular weight excluding hydrogens is 115 g/mol. The molecule has 0 bridgehead atoms. The number of halogens is 1. The highest BCUT2D eigenvalue weighted by Crippen LogP contribution is 2.20. The molecule has 56 valence electrons. The SMILES string of the molecule is CCC(C(C)C)C(C)F. The average Bonchev–Trinajstić information content (AvgIpc) is 1.64. The summed E-state index contributed by atoms with van der Waals surface area (Å²) < 4.78 is 12.6. The molecule has 0 fully saturated rings. The number of alkyl halides is 1. The molecule has 0 aromatic rings. The lowest BCUT2D eigenvalue weighted by Crippen LogP contribution is -2.17. The number of rotatable bonds is 3. The topological polar surface area (TPSA) is 0 Å². The van der Waals surface area contributed by atoms with Gasteiger partial charge in [0.25, 0.3) is 0 Å². The molecule has 1 heteroatoms. The molecule has 9 heavy (non-hydrogen) atoms. The molecule has 0 aliphatic heterocycles. The van der Waals surface area contributed by atoms with Gasteiger partial charge in [-0.25, -0.2) is 4.39 Å². The van der Waals surface area contributed by atoms with Crippen molar-refractivity contribution in [3.8, 4) is 0 Å². The molecule has 0 radical (unpaired) electrons. The fraction of sp³-hybridized carbons (Fsp3) is 1.00. The molecule has 0 heterocycles. The second-order valence-corrected chi connectivity index (χ2v) is 2.99. The zero-order valence-corrected chi connectivity index (χ0v) is 6.82. The third-order valence-corrected chi connectivity index (χ3v) is 1.92. The van der Waals surface area contributed by atoms with Crippen LogP contribution in [0.25, 0.3) is 0 Å². The van der Waals surface area contributed by atoms with Crippen LogP contribution in [0.5, 0.6) is 0 Å². The van der Waals surface area contributed by atoms with Crippen LogP contribution in [0.1, 0.15) is 34.1 Å². The van der Waals surface area contributed by atoms with Crippen molar-refractivity contribution >= 4 is 0 Å². The summed E-state index contributed by atoms with van der Waals surface area (Å²) in [7, 11) is 0. The first kappa shape index (κ1) is 8.93. The van der Waals surface area contributed by atoms with E-state index in [2.05, 4.69) is 13.8 Å². The van der Waals surface area contributed by atoms with Crippen LogP contribution >= 0.6 is 0 Å². The van der Waals surface area contributed by atoms with Crippen molar-refractivity contribution in [2.75, 3.05) is 0 Å². The van der Waals surface area contributed by atoms with Crippen LogP contribution in [0, 0.1) is 11.8 Å². The predicted octanol–water partition coefficient (Wildman–Crippen LogP) is 3.03. The Morgan fingerprint density at radius 2 is 1.67 bits per heavy atom. The van der Waals surface area contributed by atoms with Gasteiger partial charge in [0.2, 0.25) is 0 Å². The molecular formula is C8H17F. The number of hydrogen-bond acceptors (Lipinski definition) is 0. The molecule has 0 saturated heterocycles. The van der Waals surface area contributed by atoms with Crippen molar-refractivity contribution in [2.45, 2.75) is 40.3 Å². The molecule has 0 amide bonds. The fourth-order valence-corrected chi connectivity index (χ4v) is 1.33. The maximum Gasteiger partial charge on any atom is 0.100 e. The van der Waals surface area contributed by atoms with E-state index in [9.17, 15) is 4.39 Å². The molecule has 2 atom stereocenters. The molecule has 0 N–H and O–H groups in total. The van der Waals surface area contributed by atoms with E-state index in [-0.39, 0.29) is 5.92 Å².